The summed E-state index contributed by atoms with van der Waals surface area (Å²) < 4.78 is 3.96. The molecule has 2 aliphatic rings. The van der Waals surface area contributed by atoms with Crippen molar-refractivity contribution < 1.29 is 9.59 Å². The van der Waals surface area contributed by atoms with E-state index >= 15 is 9.59 Å². The fourth-order valence-corrected chi connectivity index (χ4v) is 13.4. The number of hydrogen-bond donors (Lipinski definition) is 0. The smallest absolute Gasteiger partial charge is 0.261 e. The Bertz CT molecular complexity index is 2580. The molecule has 2 amide bonds. The van der Waals surface area contributed by atoms with Gasteiger partial charge in [0.1, 0.15) is 4.83 Å². The van der Waals surface area contributed by atoms with E-state index in [4.69, 9.17) is 0 Å². The summed E-state index contributed by atoms with van der Waals surface area (Å²) in [6.07, 6.45) is 22.0. The van der Waals surface area contributed by atoms with Crippen molar-refractivity contribution in [2.75, 3.05) is 13.1 Å². The molecule has 64 heavy (non-hydrogen) atoms. The van der Waals surface area contributed by atoms with Gasteiger partial charge in [0.2, 0.25) is 0 Å². The first-order valence-corrected chi connectivity index (χ1v) is 27.6. The van der Waals surface area contributed by atoms with E-state index in [1.807, 2.05) is 27.2 Å². The van der Waals surface area contributed by atoms with Crippen LogP contribution in [0.3, 0.4) is 0 Å². The maximum absolute atomic E-state index is 15.1. The van der Waals surface area contributed by atoms with Gasteiger partial charge in [-0.15, -0.1) is 34.0 Å². The average Bonchev–Trinajstić information content (AvgIpc) is 4.18. The molecule has 5 nitrogen and oxygen atoms in total. The van der Waals surface area contributed by atoms with Gasteiger partial charge in [-0.3, -0.25) is 9.59 Å². The second-order valence-corrected chi connectivity index (χ2v) is 21.7. The average molecular weight is 914 g/mol. The second kappa shape index (κ2) is 22.0. The Balaban J connectivity index is 1.15. The zero-order chi connectivity index (χ0) is 44.6. The third-order valence-corrected chi connectivity index (χ3v) is 17.4. The van der Waals surface area contributed by atoms with E-state index < -0.39 is 0 Å². The minimum absolute atomic E-state index is 0.00530. The van der Waals surface area contributed by atoms with Crippen molar-refractivity contribution in [3.63, 3.8) is 0 Å². The lowest BCUT2D eigenvalue weighted by Gasteiger charge is -2.29. The van der Waals surface area contributed by atoms with Crippen molar-refractivity contribution in [2.45, 2.75) is 157 Å². The summed E-state index contributed by atoms with van der Waals surface area (Å²) in [5.41, 5.74) is 5.38. The van der Waals surface area contributed by atoms with E-state index in [0.717, 1.165) is 79.1 Å². The minimum Gasteiger partial charge on any atom is -0.332 e. The number of aryl methyl sites for hydroxylation is 1. The van der Waals surface area contributed by atoms with Crippen molar-refractivity contribution in [3.8, 4) is 10.4 Å². The molecule has 8 heteroatoms. The van der Waals surface area contributed by atoms with Crippen molar-refractivity contribution >= 4 is 88.4 Å². The highest BCUT2D eigenvalue weighted by atomic mass is 32.1. The van der Waals surface area contributed by atoms with Gasteiger partial charge in [-0.2, -0.15) is 0 Å². The maximum Gasteiger partial charge on any atom is 0.261 e. The number of hydrogen-bond acceptors (Lipinski definition) is 5. The number of aromatic nitrogens is 1. The lowest BCUT2D eigenvalue weighted by atomic mass is 9.98. The lowest BCUT2D eigenvalue weighted by molar-refractivity contribution is -0.124. The number of rotatable bonds is 26. The summed E-state index contributed by atoms with van der Waals surface area (Å²) in [6, 6.07) is 24.5. The van der Waals surface area contributed by atoms with Gasteiger partial charge in [-0.05, 0) is 72.4 Å². The van der Waals surface area contributed by atoms with Crippen LogP contribution in [0.25, 0.3) is 53.0 Å². The Morgan fingerprint density at radius 2 is 1.14 bits per heavy atom. The van der Waals surface area contributed by atoms with E-state index in [1.54, 1.807) is 22.7 Å². The molecular weight excluding hydrogens is 843 g/mol. The standard InChI is InChI=1S/C56H71N3O2S3/c1-6-11-14-15-16-17-18-19-20-23-34-57-44-36-41(30-31-42(44)49-43-27-21-22-28-46(43)64-56(49)57)45-32-33-48(63-45)53-51-50(54(60)59(53)38-40(10-5)26-13-8-3)52(47-29-24-35-62-47)58(55(51)61)37-39(9-4)25-12-7-2/h21-22,24,27-33,35-36,39-40H,6-20,23,25-26,34,37-38H2,1-5H3. The first-order chi connectivity index (χ1) is 31.4. The lowest BCUT2D eigenvalue weighted by Crippen LogP contribution is -2.34. The van der Waals surface area contributed by atoms with Crippen LogP contribution in [-0.2, 0) is 16.1 Å². The van der Waals surface area contributed by atoms with Gasteiger partial charge in [0.25, 0.3) is 11.8 Å². The van der Waals surface area contributed by atoms with Gasteiger partial charge in [0, 0.05) is 45.4 Å². The first kappa shape index (κ1) is 46.5. The summed E-state index contributed by atoms with van der Waals surface area (Å²) in [6.45, 7) is 13.6. The third kappa shape index (κ3) is 9.62. The fourth-order valence-electron chi connectivity index (χ4n) is 10.3. The summed E-state index contributed by atoms with van der Waals surface area (Å²) in [7, 11) is 0. The molecule has 0 saturated heterocycles. The van der Waals surface area contributed by atoms with Crippen LogP contribution in [0.4, 0.5) is 0 Å². The van der Waals surface area contributed by atoms with Crippen molar-refractivity contribution in [1.29, 1.82) is 0 Å². The molecule has 0 saturated carbocycles. The van der Waals surface area contributed by atoms with Crippen molar-refractivity contribution in [1.82, 2.24) is 14.4 Å². The number of carbonyl (C=O) groups excluding carboxylic acids is 2. The predicted molar refractivity (Wildman–Crippen MR) is 278 cm³/mol. The van der Waals surface area contributed by atoms with Crippen LogP contribution in [0.2, 0.25) is 0 Å². The van der Waals surface area contributed by atoms with Gasteiger partial charge in [0.05, 0.1) is 37.8 Å². The zero-order valence-corrected chi connectivity index (χ0v) is 41.8. The topological polar surface area (TPSA) is 45.6 Å². The highest BCUT2D eigenvalue weighted by Crippen LogP contribution is 2.50. The zero-order valence-electron chi connectivity index (χ0n) is 39.3. The number of thiophene rings is 3. The molecule has 0 aliphatic carbocycles. The molecule has 2 atom stereocenters. The van der Waals surface area contributed by atoms with Crippen LogP contribution in [0, 0.1) is 11.8 Å². The molecule has 0 N–H and O–H groups in total. The molecule has 4 aromatic heterocycles. The summed E-state index contributed by atoms with van der Waals surface area (Å²) in [4.78, 5) is 38.8. The van der Waals surface area contributed by atoms with E-state index in [0.29, 0.717) is 36.1 Å². The number of nitrogens with zero attached hydrogens (tertiary/aromatic N) is 3. The van der Waals surface area contributed by atoms with Crippen LogP contribution in [0.5, 0.6) is 0 Å². The Morgan fingerprint density at radius 3 is 1.75 bits per heavy atom. The van der Waals surface area contributed by atoms with Gasteiger partial charge in [-0.25, -0.2) is 0 Å². The summed E-state index contributed by atoms with van der Waals surface area (Å²) >= 11 is 5.29. The highest BCUT2D eigenvalue weighted by molar-refractivity contribution is 7.25. The predicted octanol–water partition coefficient (Wildman–Crippen LogP) is 17.0. The van der Waals surface area contributed by atoms with E-state index in [2.05, 4.69) is 105 Å². The highest BCUT2D eigenvalue weighted by Gasteiger charge is 2.50. The monoisotopic (exact) mass is 913 g/mol. The normalized spacial score (nSPS) is 15.4. The molecular formula is C56H71N3O2S3. The number of unbranched alkanes of at least 4 members (excludes halogenated alkanes) is 11. The molecule has 6 heterocycles. The van der Waals surface area contributed by atoms with Gasteiger partial charge in [0.15, 0.2) is 0 Å². The molecule has 8 rings (SSSR count). The van der Waals surface area contributed by atoms with Crippen molar-refractivity contribution in [2.24, 2.45) is 11.8 Å². The van der Waals surface area contributed by atoms with Crippen LogP contribution in [0.15, 0.2) is 83.3 Å². The molecule has 0 radical (unpaired) electrons. The number of fused-ring (bicyclic) bond motifs is 6. The molecule has 2 aromatic carbocycles. The molecule has 340 valence electrons. The van der Waals surface area contributed by atoms with Crippen molar-refractivity contribution in [3.05, 3.63) is 93.0 Å². The van der Waals surface area contributed by atoms with E-state index in [-0.39, 0.29) is 11.8 Å². The Kier molecular flexibility index (Phi) is 16.0. The van der Waals surface area contributed by atoms with Gasteiger partial charge < -0.3 is 14.4 Å². The summed E-state index contributed by atoms with van der Waals surface area (Å²) in [5, 5.41) is 6.12. The van der Waals surface area contributed by atoms with E-state index in [9.17, 15) is 0 Å². The molecule has 0 spiro atoms. The molecule has 6 aromatic rings. The minimum atomic E-state index is -0.00530. The quantitative estimate of drug-likeness (QED) is 0.0509. The van der Waals surface area contributed by atoms with Crippen LogP contribution >= 0.6 is 34.0 Å². The number of carbonyl (C=O) groups is 2. The SMILES string of the molecule is CCCCCCCCCCCCn1c2cc(-c3ccc(C4=C5C(=O)N(CC(CC)CCCC)C(c6cccs6)=C5C(=O)N4CC(CC)CCCC)s3)ccc2c2c3ccccc3sc21. The van der Waals surface area contributed by atoms with Gasteiger partial charge in [-0.1, -0.05) is 167 Å². The fraction of sp³-hybridized carbons (Fsp3) is 0.500. The second-order valence-electron chi connectivity index (χ2n) is 18.6. The van der Waals surface area contributed by atoms with E-state index in [1.165, 1.54) is 106 Å². The van der Waals surface area contributed by atoms with Gasteiger partial charge >= 0.3 is 0 Å². The Hall–Kier alpha value is -3.98. The Morgan fingerprint density at radius 1 is 0.547 bits per heavy atom. The van der Waals surface area contributed by atoms with Crippen LogP contribution < -0.4 is 0 Å². The molecule has 0 fully saturated rings. The maximum atomic E-state index is 15.1. The molecule has 2 aliphatic heterocycles. The van der Waals surface area contributed by atoms with Crippen LogP contribution in [-0.4, -0.2) is 39.3 Å². The largest absolute Gasteiger partial charge is 0.332 e. The third-order valence-electron chi connectivity index (χ3n) is 14.1. The number of amides is 2. The summed E-state index contributed by atoms with van der Waals surface area (Å²) in [5.74, 6) is 0.736. The Labute approximate surface area is 395 Å². The van der Waals surface area contributed by atoms with Crippen LogP contribution in [0.1, 0.15) is 160 Å². The molecule has 0 bridgehead atoms. The molecule has 2 unspecified atom stereocenters. The first-order valence-electron chi connectivity index (χ1n) is 25.1. The number of benzene rings is 2.